The molecule has 0 aliphatic carbocycles. The Balaban J connectivity index is 1.48. The molecule has 7 nitrogen and oxygen atoms in total. The Labute approximate surface area is 168 Å². The first kappa shape index (κ1) is 18.6. The highest BCUT2D eigenvalue weighted by Gasteiger charge is 2.26. The molecule has 1 aromatic carbocycles. The van der Waals surface area contributed by atoms with Gasteiger partial charge < -0.3 is 15.5 Å². The number of nitrogens with zero attached hydrogens (tertiary/aromatic N) is 3. The first-order chi connectivity index (χ1) is 14.2. The number of benzene rings is 1. The summed E-state index contributed by atoms with van der Waals surface area (Å²) in [6, 6.07) is 15.3. The molecule has 3 heterocycles. The summed E-state index contributed by atoms with van der Waals surface area (Å²) < 4.78 is 0. The lowest BCUT2D eigenvalue weighted by atomic mass is 10.1. The molecule has 2 aromatic heterocycles. The predicted molar refractivity (Wildman–Crippen MR) is 111 cm³/mol. The molecule has 0 radical (unpaired) electrons. The average Bonchev–Trinajstić information content (AvgIpc) is 2.77. The third-order valence-electron chi connectivity index (χ3n) is 4.76. The van der Waals surface area contributed by atoms with Crippen LogP contribution < -0.4 is 15.5 Å². The second-order valence-corrected chi connectivity index (χ2v) is 6.77. The van der Waals surface area contributed by atoms with Gasteiger partial charge in [-0.15, -0.1) is 0 Å². The van der Waals surface area contributed by atoms with Crippen molar-refractivity contribution in [2.45, 2.75) is 13.0 Å². The number of hydrogen-bond donors (Lipinski definition) is 2. The quantitative estimate of drug-likeness (QED) is 0.678. The van der Waals surface area contributed by atoms with Crippen LogP contribution in [0.1, 0.15) is 21.5 Å². The molecule has 29 heavy (non-hydrogen) atoms. The summed E-state index contributed by atoms with van der Waals surface area (Å²) in [6.45, 7) is 1.12. The number of carbonyl (C=O) groups is 2. The number of hydrogen-bond acceptors (Lipinski definition) is 5. The first-order valence-corrected chi connectivity index (χ1v) is 9.46. The highest BCUT2D eigenvalue weighted by Crippen LogP contribution is 2.29. The van der Waals surface area contributed by atoms with Gasteiger partial charge in [-0.3, -0.25) is 14.6 Å². The third kappa shape index (κ3) is 4.40. The fourth-order valence-corrected chi connectivity index (χ4v) is 3.22. The van der Waals surface area contributed by atoms with Gasteiger partial charge in [0.05, 0.1) is 24.3 Å². The number of nitrogens with one attached hydrogen (secondary N) is 2. The summed E-state index contributed by atoms with van der Waals surface area (Å²) in [5.74, 6) is 0.333. The third-order valence-corrected chi connectivity index (χ3v) is 4.76. The van der Waals surface area contributed by atoms with Gasteiger partial charge in [0.25, 0.3) is 5.91 Å². The predicted octanol–water partition coefficient (Wildman–Crippen LogP) is 2.41. The standard InChI is InChI=1S/C22H21N5O2/c28-20-14-26-21-19(27(20)15-17-4-2-1-3-5-17)12-18(13-25-21)22(29)24-11-8-16-6-9-23-10-7-16/h1-7,9-10,12-13H,8,11,14-15H2,(H,24,29)(H,25,26). The molecule has 0 saturated heterocycles. The van der Waals surface area contributed by atoms with Crippen molar-refractivity contribution in [2.75, 3.05) is 23.3 Å². The van der Waals surface area contributed by atoms with Crippen LogP contribution in [0.25, 0.3) is 0 Å². The van der Waals surface area contributed by atoms with Gasteiger partial charge in [-0.1, -0.05) is 30.3 Å². The molecule has 3 aromatic rings. The van der Waals surface area contributed by atoms with Gasteiger partial charge in [0.2, 0.25) is 5.91 Å². The molecule has 0 saturated carbocycles. The summed E-state index contributed by atoms with van der Waals surface area (Å²) in [5, 5.41) is 5.93. The highest BCUT2D eigenvalue weighted by atomic mass is 16.2. The van der Waals surface area contributed by atoms with E-state index in [9.17, 15) is 9.59 Å². The number of amides is 2. The Bertz CT molecular complexity index is 1010. The maximum atomic E-state index is 12.6. The molecule has 1 aliphatic rings. The zero-order chi connectivity index (χ0) is 20.1. The molecular formula is C22H21N5O2. The van der Waals surface area contributed by atoms with Crippen LogP contribution in [0, 0.1) is 0 Å². The van der Waals surface area contributed by atoms with Gasteiger partial charge in [-0.25, -0.2) is 4.98 Å². The lowest BCUT2D eigenvalue weighted by Gasteiger charge is -2.29. The zero-order valence-electron chi connectivity index (χ0n) is 15.8. The molecule has 0 unspecified atom stereocenters. The Hall–Kier alpha value is -3.74. The summed E-state index contributed by atoms with van der Waals surface area (Å²) in [5.41, 5.74) is 3.16. The van der Waals surface area contributed by atoms with E-state index in [1.165, 1.54) is 6.20 Å². The fraction of sp³-hybridized carbons (Fsp3) is 0.182. The van der Waals surface area contributed by atoms with Gasteiger partial charge in [-0.2, -0.15) is 0 Å². The molecule has 0 bridgehead atoms. The molecular weight excluding hydrogens is 366 g/mol. The molecule has 7 heteroatoms. The minimum absolute atomic E-state index is 0.0570. The maximum absolute atomic E-state index is 12.6. The van der Waals surface area contributed by atoms with E-state index >= 15 is 0 Å². The van der Waals surface area contributed by atoms with Crippen molar-refractivity contribution in [3.63, 3.8) is 0 Å². The molecule has 4 rings (SSSR count). The van der Waals surface area contributed by atoms with Crippen LogP contribution in [-0.2, 0) is 17.8 Å². The van der Waals surface area contributed by atoms with Crippen LogP contribution >= 0.6 is 0 Å². The number of rotatable bonds is 6. The largest absolute Gasteiger partial charge is 0.359 e. The van der Waals surface area contributed by atoms with E-state index < -0.39 is 0 Å². The van der Waals surface area contributed by atoms with Crippen LogP contribution in [0.2, 0.25) is 0 Å². The Morgan fingerprint density at radius 2 is 1.90 bits per heavy atom. The average molecular weight is 387 g/mol. The van der Waals surface area contributed by atoms with Crippen molar-refractivity contribution < 1.29 is 9.59 Å². The van der Waals surface area contributed by atoms with Crippen molar-refractivity contribution in [3.05, 3.63) is 83.8 Å². The minimum Gasteiger partial charge on any atom is -0.359 e. The number of pyridine rings is 2. The second-order valence-electron chi connectivity index (χ2n) is 6.77. The van der Waals surface area contributed by atoms with E-state index in [1.807, 2.05) is 42.5 Å². The Morgan fingerprint density at radius 1 is 1.10 bits per heavy atom. The Morgan fingerprint density at radius 3 is 2.69 bits per heavy atom. The van der Waals surface area contributed by atoms with E-state index in [1.54, 1.807) is 23.4 Å². The van der Waals surface area contributed by atoms with E-state index in [0.29, 0.717) is 36.6 Å². The lowest BCUT2D eigenvalue weighted by molar-refractivity contribution is -0.117. The first-order valence-electron chi connectivity index (χ1n) is 9.46. The number of anilines is 2. The SMILES string of the molecule is O=C(NCCc1ccncc1)c1cnc2c(c1)N(Cc1ccccc1)C(=O)CN2. The van der Waals surface area contributed by atoms with Crippen molar-refractivity contribution in [1.29, 1.82) is 0 Å². The van der Waals surface area contributed by atoms with Crippen LogP contribution in [0.15, 0.2) is 67.1 Å². The minimum atomic E-state index is -0.216. The molecule has 146 valence electrons. The van der Waals surface area contributed by atoms with Crippen molar-refractivity contribution in [1.82, 2.24) is 15.3 Å². The van der Waals surface area contributed by atoms with Crippen molar-refractivity contribution >= 4 is 23.3 Å². The summed E-state index contributed by atoms with van der Waals surface area (Å²) in [4.78, 5) is 35.1. The van der Waals surface area contributed by atoms with Crippen molar-refractivity contribution in [2.24, 2.45) is 0 Å². The lowest BCUT2D eigenvalue weighted by Crippen LogP contribution is -2.40. The fourth-order valence-electron chi connectivity index (χ4n) is 3.22. The highest BCUT2D eigenvalue weighted by molar-refractivity contribution is 6.04. The summed E-state index contributed by atoms with van der Waals surface area (Å²) in [6.07, 6.45) is 5.71. The smallest absolute Gasteiger partial charge is 0.252 e. The molecule has 0 atom stereocenters. The molecule has 2 amide bonds. The molecule has 0 fully saturated rings. The van der Waals surface area contributed by atoms with Gasteiger partial charge in [0.1, 0.15) is 0 Å². The van der Waals surface area contributed by atoms with E-state index in [2.05, 4.69) is 20.6 Å². The van der Waals surface area contributed by atoms with E-state index in [0.717, 1.165) is 11.1 Å². The van der Waals surface area contributed by atoms with Gasteiger partial charge in [0.15, 0.2) is 5.82 Å². The zero-order valence-corrected chi connectivity index (χ0v) is 15.8. The van der Waals surface area contributed by atoms with Gasteiger partial charge in [-0.05, 0) is 35.7 Å². The Kier molecular flexibility index (Phi) is 5.47. The number of aromatic nitrogens is 2. The molecule has 2 N–H and O–H groups in total. The number of fused-ring (bicyclic) bond motifs is 1. The van der Waals surface area contributed by atoms with Crippen LogP contribution in [-0.4, -0.2) is 34.9 Å². The van der Waals surface area contributed by atoms with Crippen LogP contribution in [0.5, 0.6) is 0 Å². The van der Waals surface area contributed by atoms with Crippen LogP contribution in [0.4, 0.5) is 11.5 Å². The van der Waals surface area contributed by atoms with E-state index in [-0.39, 0.29) is 18.4 Å². The maximum Gasteiger partial charge on any atom is 0.252 e. The summed E-state index contributed by atoms with van der Waals surface area (Å²) in [7, 11) is 0. The summed E-state index contributed by atoms with van der Waals surface area (Å²) >= 11 is 0. The van der Waals surface area contributed by atoms with Gasteiger partial charge in [0, 0.05) is 25.1 Å². The van der Waals surface area contributed by atoms with Gasteiger partial charge >= 0.3 is 0 Å². The molecule has 0 spiro atoms. The second kappa shape index (κ2) is 8.52. The normalized spacial score (nSPS) is 12.8. The topological polar surface area (TPSA) is 87.2 Å². The van der Waals surface area contributed by atoms with Crippen LogP contribution in [0.3, 0.4) is 0 Å². The monoisotopic (exact) mass is 387 g/mol. The molecule has 1 aliphatic heterocycles. The number of carbonyl (C=O) groups excluding carboxylic acids is 2. The van der Waals surface area contributed by atoms with Crippen molar-refractivity contribution in [3.8, 4) is 0 Å². The van der Waals surface area contributed by atoms with E-state index in [4.69, 9.17) is 0 Å².